The fraction of sp³-hybridized carbons (Fsp3) is 0.966. The van der Waals surface area contributed by atoms with Gasteiger partial charge in [0.25, 0.3) is 0 Å². The minimum Gasteiger partial charge on any atom is -0.463 e. The molecule has 0 radical (unpaired) electrons. The Hall–Kier alpha value is -2.84. The molecule has 0 spiro atoms. The molecular weight excluding hydrogens is 1850 g/mol. The summed E-state index contributed by atoms with van der Waals surface area (Å²) in [7, 11) is 0. The maximum Gasteiger partial charge on any atom is 0.306 e. The van der Waals surface area contributed by atoms with Crippen molar-refractivity contribution in [3.8, 4) is 0 Å². The summed E-state index contributed by atoms with van der Waals surface area (Å²) in [5.41, 5.74) is -0.0205. The number of carbonyl (C=O) groups excluding carboxylic acids is 2. The summed E-state index contributed by atoms with van der Waals surface area (Å²) in [4.78, 5) is 46.1. The van der Waals surface area contributed by atoms with Crippen LogP contribution in [0.15, 0.2) is 12.7 Å². The van der Waals surface area contributed by atoms with Crippen molar-refractivity contribution in [1.29, 1.82) is 0 Å². The van der Waals surface area contributed by atoms with Gasteiger partial charge in [0.1, 0.15) is 12.7 Å². The number of aliphatic hydroxyl groups is 4. The van der Waals surface area contributed by atoms with Gasteiger partial charge in [0, 0.05) is 130 Å². The van der Waals surface area contributed by atoms with Crippen molar-refractivity contribution in [3.63, 3.8) is 0 Å². The number of rotatable bonds is 50. The number of likely N-dealkylation sites (tertiary alicyclic amines) is 4. The molecule has 4 N–H and O–H groups in total. The van der Waals surface area contributed by atoms with Crippen molar-refractivity contribution in [1.82, 2.24) is 54.0 Å². The van der Waals surface area contributed by atoms with Gasteiger partial charge in [-0.25, -0.2) is 4.98 Å². The van der Waals surface area contributed by atoms with Crippen LogP contribution >= 0.6 is 0 Å². The van der Waals surface area contributed by atoms with Crippen LogP contribution in [0.4, 0.5) is 0 Å². The van der Waals surface area contributed by atoms with E-state index in [1.807, 2.05) is 104 Å². The Labute approximate surface area is 898 Å². The van der Waals surface area contributed by atoms with E-state index in [0.29, 0.717) is 118 Å². The van der Waals surface area contributed by atoms with E-state index < -0.39 is 5.60 Å². The minimum atomic E-state index is -0.513. The number of aryl methyl sites for hydroxylation is 1. The van der Waals surface area contributed by atoms with Gasteiger partial charge in [-0.15, -0.1) is 0 Å². The SMILES string of the molecule is CC(C)OC(=O)CCCN1CCCCC1.CC(C)OC(=O)CCCn1cncn1.CC(C)OCCCN1CCC(C(C)(C)C)CC1.CC(C)OCCN1CC(C)OC(C)C1.CC(C)OCCN1CCC(C(C)(C)O)CC1.CC(C)OCCN1CCN(C(C)C)CC1.CC(C)OCCN1C[C@@H](C)O[C@@H](C)C1.CC1CCN(CCCOC(C)C)CC1.CCC(O)COC(C)C.CC[C@@H](O)COC(C)C.CC[C@H](O)COC(C)C. The molecule has 7 atom stereocenters. The minimum absolute atomic E-state index is 0.0208. The molecule has 0 bridgehead atoms. The largest absolute Gasteiger partial charge is 0.463 e. The van der Waals surface area contributed by atoms with Gasteiger partial charge in [-0.05, 0) is 386 Å². The highest BCUT2D eigenvalue weighted by Crippen LogP contribution is 2.34. The van der Waals surface area contributed by atoms with Crippen LogP contribution in [0, 0.1) is 23.2 Å². The van der Waals surface area contributed by atoms with Crippen LogP contribution in [-0.2, 0) is 77.7 Å². The number of hydrogen-bond acceptors (Lipinski definition) is 29. The molecule has 1 aromatic heterocycles. The van der Waals surface area contributed by atoms with Crippen molar-refractivity contribution in [2.45, 2.75) is 500 Å². The van der Waals surface area contributed by atoms with Crippen LogP contribution in [0.1, 0.15) is 372 Å². The smallest absolute Gasteiger partial charge is 0.306 e. The number of nitrogens with zero attached hydrogens (tertiary/aromatic N) is 11. The fourth-order valence-electron chi connectivity index (χ4n) is 16.8. The number of ether oxygens (including phenoxy) is 13. The molecule has 7 saturated heterocycles. The Morgan fingerprint density at radius 2 is 0.630 bits per heavy atom. The molecule has 0 aliphatic carbocycles. The van der Waals surface area contributed by atoms with Crippen LogP contribution in [-0.4, -0.2) is 418 Å². The first-order valence-electron chi connectivity index (χ1n) is 58.2. The van der Waals surface area contributed by atoms with Gasteiger partial charge in [0.2, 0.25) is 0 Å². The highest BCUT2D eigenvalue weighted by molar-refractivity contribution is 5.69. The molecule has 7 aliphatic heterocycles. The molecule has 7 fully saturated rings. The summed E-state index contributed by atoms with van der Waals surface area (Å²) in [6, 6.07) is 0.694. The number of piperidine rings is 4. The van der Waals surface area contributed by atoms with Crippen LogP contribution in [0.25, 0.3) is 0 Å². The lowest BCUT2D eigenvalue weighted by atomic mass is 9.75. The Kier molecular flexibility index (Phi) is 92.1. The molecule has 30 nitrogen and oxygen atoms in total. The van der Waals surface area contributed by atoms with Crippen molar-refractivity contribution < 1.29 is 91.6 Å². The molecule has 7 aliphatic rings. The standard InChI is InChI=1S/C15H31NO.C13H27NO2.C12H26N2O.C12H23NO2.C12H25NO.2C11H23NO2.C9H15N3O2.3C7H16O2/c1-13(2)17-12-6-9-16-10-7-14(8-11-16)15(3,4)5;1-11(2)16-10-9-14-7-5-12(6-8-14)13(3,4)15;1-11(2)14-7-5-13(6-8-14)9-10-15-12(3)4;1-11(2)15-12(14)7-6-10-13-8-4-3-5-9-13;1-11(2)14-10-4-7-13-8-5-12(3)6-9-13;2*1-9(2)13-6-5-12-7-10(3)14-11(4)8-12;1-8(2)14-9(13)4-3-5-12-7-10-6-11-12;3*1-4-7(8)5-9-6(2)3/h13-14H,6-12H2,1-5H3;11-12,15H,5-10H2,1-4H3;11-12H,5-10H2,1-4H3;11H,3-10H2,1-2H3;11-12H,4-10H2,1-3H3;2*9-11H,5-8H2,1-4H3;6-8H,3-5H2,1-2H3;3*6-8H,4-5H2,1-3H3/t;;;;;10-,11+;;;2*7-;/m........10./s1. The van der Waals surface area contributed by atoms with Crippen LogP contribution in [0.3, 0.4) is 0 Å². The van der Waals surface area contributed by atoms with Crippen LogP contribution < -0.4 is 0 Å². The van der Waals surface area contributed by atoms with Crippen molar-refractivity contribution in [2.24, 2.45) is 23.2 Å². The van der Waals surface area contributed by atoms with Gasteiger partial charge in [-0.3, -0.25) is 33.9 Å². The monoisotopic (exact) mass is 2090 g/mol. The van der Waals surface area contributed by atoms with E-state index in [1.165, 1.54) is 143 Å². The van der Waals surface area contributed by atoms with E-state index in [-0.39, 0.29) is 60.8 Å². The average molecular weight is 2090 g/mol. The Balaban J connectivity index is -0.00000155. The van der Waals surface area contributed by atoms with E-state index in [9.17, 15) is 14.7 Å². The normalized spacial score (nSPS) is 19.9. The Morgan fingerprint density at radius 3 is 0.925 bits per heavy atom. The van der Waals surface area contributed by atoms with Gasteiger partial charge in [-0.2, -0.15) is 5.10 Å². The van der Waals surface area contributed by atoms with Gasteiger partial charge in [0.05, 0.1) is 162 Å². The number of aliphatic hydroxyl groups excluding tert-OH is 3. The van der Waals surface area contributed by atoms with Gasteiger partial charge in [-0.1, -0.05) is 54.9 Å². The third-order valence-electron chi connectivity index (χ3n) is 25.5. The van der Waals surface area contributed by atoms with E-state index in [1.54, 1.807) is 11.0 Å². The van der Waals surface area contributed by atoms with E-state index in [4.69, 9.17) is 76.9 Å². The number of aromatic nitrogens is 3. The second-order valence-electron chi connectivity index (χ2n) is 46.2. The summed E-state index contributed by atoms with van der Waals surface area (Å²) in [5.74, 6) is 2.10. The van der Waals surface area contributed by atoms with Gasteiger partial charge < -0.3 is 102 Å². The Morgan fingerprint density at radius 1 is 0.342 bits per heavy atom. The van der Waals surface area contributed by atoms with Crippen molar-refractivity contribution in [3.05, 3.63) is 12.7 Å². The fourth-order valence-corrected chi connectivity index (χ4v) is 16.8. The topological polar surface area (TPSA) is 292 Å². The van der Waals surface area contributed by atoms with Crippen LogP contribution in [0.2, 0.25) is 0 Å². The maximum absolute atomic E-state index is 11.3. The number of carbonyl (C=O) groups is 2. The summed E-state index contributed by atoms with van der Waals surface area (Å²) in [6.07, 6.45) is 25.5. The molecule has 30 heteroatoms. The molecule has 874 valence electrons. The number of esters is 2. The average Bonchev–Trinajstić information content (AvgIpc) is 0.913. The summed E-state index contributed by atoms with van der Waals surface area (Å²) >= 11 is 0. The second-order valence-corrected chi connectivity index (χ2v) is 46.2. The van der Waals surface area contributed by atoms with E-state index in [0.717, 1.165) is 168 Å². The predicted octanol–water partition coefficient (Wildman–Crippen LogP) is 19.2. The second kappa shape index (κ2) is 91.3. The predicted molar refractivity (Wildman–Crippen MR) is 604 cm³/mol. The quantitative estimate of drug-likeness (QED) is 0.0348. The molecule has 146 heavy (non-hydrogen) atoms. The molecule has 8 heterocycles. The molecule has 3 unspecified atom stereocenters. The first-order chi connectivity index (χ1) is 68.6. The molecule has 1 aromatic rings. The zero-order valence-corrected chi connectivity index (χ0v) is 102. The number of piperazine rings is 1. The first-order valence-corrected chi connectivity index (χ1v) is 58.2. The molecule has 0 saturated carbocycles. The lowest BCUT2D eigenvalue weighted by molar-refractivity contribution is -0.148. The molecule has 0 amide bonds. The van der Waals surface area contributed by atoms with Gasteiger partial charge in [0.15, 0.2) is 0 Å². The molecule has 8 rings (SSSR count). The van der Waals surface area contributed by atoms with Crippen molar-refractivity contribution >= 4 is 11.9 Å². The summed E-state index contributed by atoms with van der Waals surface area (Å²) in [5, 5.41) is 40.8. The summed E-state index contributed by atoms with van der Waals surface area (Å²) < 4.78 is 71.8. The van der Waals surface area contributed by atoms with E-state index in [2.05, 4.69) is 202 Å². The van der Waals surface area contributed by atoms with Crippen LogP contribution in [0.5, 0.6) is 0 Å². The van der Waals surface area contributed by atoms with E-state index >= 15 is 0 Å². The number of hydrogen-bond donors (Lipinski definition) is 4. The lowest BCUT2D eigenvalue weighted by Gasteiger charge is -2.38. The maximum atomic E-state index is 11.3. The lowest BCUT2D eigenvalue weighted by Crippen LogP contribution is -2.49. The molecule has 0 aromatic carbocycles. The summed E-state index contributed by atoms with van der Waals surface area (Å²) in [6.45, 7) is 110. The Bertz CT molecular complexity index is 2870. The zero-order valence-electron chi connectivity index (χ0n) is 102. The number of morpholine rings is 2. The molecular formula is C116H241N11O19. The highest BCUT2D eigenvalue weighted by atomic mass is 16.6. The highest BCUT2D eigenvalue weighted by Gasteiger charge is 2.32. The third kappa shape index (κ3) is 94.7. The zero-order chi connectivity index (χ0) is 111. The first kappa shape index (κ1) is 147. The van der Waals surface area contributed by atoms with Crippen molar-refractivity contribution in [2.75, 3.05) is 210 Å². The van der Waals surface area contributed by atoms with Gasteiger partial charge >= 0.3 is 11.9 Å². The third-order valence-corrected chi connectivity index (χ3v) is 25.5.